The average molecular weight is 293 g/mol. The van der Waals surface area contributed by atoms with Gasteiger partial charge in [0.25, 0.3) is 11.6 Å². The number of nitro groups is 1. The van der Waals surface area contributed by atoms with E-state index in [0.717, 1.165) is 19.5 Å². The summed E-state index contributed by atoms with van der Waals surface area (Å²) in [5.41, 5.74) is 2.24. The number of hydrogen-bond donors (Lipinski definition) is 3. The van der Waals surface area contributed by atoms with Crippen LogP contribution in [0, 0.1) is 16.0 Å². The fourth-order valence-electron chi connectivity index (χ4n) is 2.56. The number of hydrogen-bond acceptors (Lipinski definition) is 6. The van der Waals surface area contributed by atoms with E-state index in [-0.39, 0.29) is 22.8 Å². The van der Waals surface area contributed by atoms with E-state index in [0.29, 0.717) is 12.5 Å². The van der Waals surface area contributed by atoms with E-state index in [1.807, 2.05) is 7.05 Å². The van der Waals surface area contributed by atoms with Crippen molar-refractivity contribution in [1.29, 1.82) is 0 Å². The SMILES string of the molecule is CN1CCC(CNC(=O)c2cccc([N+](=O)[O-])c2NN)C1. The van der Waals surface area contributed by atoms with Crippen LogP contribution in [-0.4, -0.2) is 42.4 Å². The molecule has 8 heteroatoms. The quantitative estimate of drug-likeness (QED) is 0.415. The van der Waals surface area contributed by atoms with Gasteiger partial charge in [-0.05, 0) is 32.0 Å². The Hall–Kier alpha value is -2.19. The van der Waals surface area contributed by atoms with E-state index in [2.05, 4.69) is 15.6 Å². The Morgan fingerprint density at radius 3 is 2.90 bits per heavy atom. The Morgan fingerprint density at radius 1 is 1.57 bits per heavy atom. The van der Waals surface area contributed by atoms with Gasteiger partial charge in [-0.25, -0.2) is 0 Å². The molecule has 0 bridgehead atoms. The summed E-state index contributed by atoms with van der Waals surface area (Å²) in [6.07, 6.45) is 1.04. The molecule has 1 unspecified atom stereocenters. The normalized spacial score (nSPS) is 18.5. The third-order valence-corrected chi connectivity index (χ3v) is 3.67. The van der Waals surface area contributed by atoms with Crippen LogP contribution in [0.4, 0.5) is 11.4 Å². The number of carbonyl (C=O) groups excluding carboxylic acids is 1. The molecule has 4 N–H and O–H groups in total. The standard InChI is InChI=1S/C13H19N5O3/c1-17-6-5-9(8-17)7-15-13(19)10-3-2-4-11(18(20)21)12(10)16-14/h2-4,9,16H,5-8,14H2,1H3,(H,15,19). The lowest BCUT2D eigenvalue weighted by molar-refractivity contribution is -0.384. The number of nitrogens with one attached hydrogen (secondary N) is 2. The number of nitrogen functional groups attached to an aromatic ring is 1. The van der Waals surface area contributed by atoms with Gasteiger partial charge >= 0.3 is 0 Å². The van der Waals surface area contributed by atoms with Crippen LogP contribution in [0.25, 0.3) is 0 Å². The maximum atomic E-state index is 12.2. The molecule has 0 aromatic heterocycles. The molecule has 1 fully saturated rings. The summed E-state index contributed by atoms with van der Waals surface area (Å²) in [7, 11) is 2.04. The molecular weight excluding hydrogens is 274 g/mol. The van der Waals surface area contributed by atoms with Gasteiger partial charge in [-0.15, -0.1) is 0 Å². The number of anilines is 1. The summed E-state index contributed by atoms with van der Waals surface area (Å²) in [6.45, 7) is 2.51. The van der Waals surface area contributed by atoms with Crippen molar-refractivity contribution in [2.75, 3.05) is 32.1 Å². The molecule has 1 atom stereocenters. The van der Waals surface area contributed by atoms with Crippen molar-refractivity contribution >= 4 is 17.3 Å². The highest BCUT2D eigenvalue weighted by Gasteiger charge is 2.23. The predicted octanol–water partition coefficient (Wildman–Crippen LogP) is 0.562. The van der Waals surface area contributed by atoms with E-state index < -0.39 is 4.92 Å². The highest BCUT2D eigenvalue weighted by atomic mass is 16.6. The lowest BCUT2D eigenvalue weighted by Gasteiger charge is -2.13. The van der Waals surface area contributed by atoms with Crippen LogP contribution in [0.2, 0.25) is 0 Å². The minimum absolute atomic E-state index is 0.0311. The first-order chi connectivity index (χ1) is 10.0. The van der Waals surface area contributed by atoms with Gasteiger partial charge in [0.05, 0.1) is 10.5 Å². The summed E-state index contributed by atoms with van der Waals surface area (Å²) in [5.74, 6) is 5.37. The molecule has 114 valence electrons. The maximum Gasteiger partial charge on any atom is 0.294 e. The number of likely N-dealkylation sites (tertiary alicyclic amines) is 1. The molecule has 21 heavy (non-hydrogen) atoms. The van der Waals surface area contributed by atoms with Gasteiger partial charge < -0.3 is 15.6 Å². The minimum Gasteiger partial charge on any atom is -0.352 e. The van der Waals surface area contributed by atoms with Crippen LogP contribution in [0.3, 0.4) is 0 Å². The van der Waals surface area contributed by atoms with Crippen molar-refractivity contribution in [3.8, 4) is 0 Å². The van der Waals surface area contributed by atoms with Gasteiger partial charge in [0.2, 0.25) is 0 Å². The molecule has 1 aromatic rings. The highest BCUT2D eigenvalue weighted by Crippen LogP contribution is 2.27. The fraction of sp³-hybridized carbons (Fsp3) is 0.462. The maximum absolute atomic E-state index is 12.2. The monoisotopic (exact) mass is 293 g/mol. The molecule has 2 rings (SSSR count). The zero-order valence-corrected chi connectivity index (χ0v) is 11.8. The van der Waals surface area contributed by atoms with Gasteiger partial charge in [-0.2, -0.15) is 0 Å². The van der Waals surface area contributed by atoms with Crippen molar-refractivity contribution < 1.29 is 9.72 Å². The second-order valence-electron chi connectivity index (χ2n) is 5.23. The van der Waals surface area contributed by atoms with E-state index in [9.17, 15) is 14.9 Å². The van der Waals surface area contributed by atoms with Gasteiger partial charge in [-0.1, -0.05) is 6.07 Å². The largest absolute Gasteiger partial charge is 0.352 e. The Morgan fingerprint density at radius 2 is 2.33 bits per heavy atom. The van der Waals surface area contributed by atoms with Crippen molar-refractivity contribution in [2.24, 2.45) is 11.8 Å². The number of nitrogens with zero attached hydrogens (tertiary/aromatic N) is 2. The van der Waals surface area contributed by atoms with E-state index in [1.54, 1.807) is 0 Å². The topological polar surface area (TPSA) is 114 Å². The van der Waals surface area contributed by atoms with Crippen LogP contribution in [0.15, 0.2) is 18.2 Å². The Kier molecular flexibility index (Phi) is 4.71. The second kappa shape index (κ2) is 6.51. The number of rotatable bonds is 5. The van der Waals surface area contributed by atoms with Gasteiger partial charge in [-0.3, -0.25) is 20.8 Å². The number of nitro benzene ring substituents is 1. The van der Waals surface area contributed by atoms with Crippen LogP contribution < -0.4 is 16.6 Å². The fourth-order valence-corrected chi connectivity index (χ4v) is 2.56. The number of para-hydroxylation sites is 1. The number of nitrogens with two attached hydrogens (primary N) is 1. The molecule has 1 amide bonds. The summed E-state index contributed by atoms with van der Waals surface area (Å²) >= 11 is 0. The average Bonchev–Trinajstić information content (AvgIpc) is 2.89. The first kappa shape index (κ1) is 15.2. The molecule has 1 aliphatic rings. The third kappa shape index (κ3) is 3.47. The summed E-state index contributed by atoms with van der Waals surface area (Å²) < 4.78 is 0. The smallest absolute Gasteiger partial charge is 0.294 e. The van der Waals surface area contributed by atoms with Crippen molar-refractivity contribution in [3.05, 3.63) is 33.9 Å². The summed E-state index contributed by atoms with van der Waals surface area (Å²) in [4.78, 5) is 24.8. The van der Waals surface area contributed by atoms with E-state index >= 15 is 0 Å². The molecule has 1 saturated heterocycles. The van der Waals surface area contributed by atoms with Crippen LogP contribution in [-0.2, 0) is 0 Å². The third-order valence-electron chi connectivity index (χ3n) is 3.67. The molecule has 1 heterocycles. The molecule has 8 nitrogen and oxygen atoms in total. The Labute approximate surface area is 122 Å². The Bertz CT molecular complexity index is 549. The lowest BCUT2D eigenvalue weighted by Crippen LogP contribution is -2.31. The first-order valence-electron chi connectivity index (χ1n) is 6.73. The summed E-state index contributed by atoms with van der Waals surface area (Å²) in [5, 5.41) is 13.7. The Balaban J connectivity index is 2.08. The van der Waals surface area contributed by atoms with Gasteiger partial charge in [0, 0.05) is 19.2 Å². The van der Waals surface area contributed by atoms with Gasteiger partial charge in [0.1, 0.15) is 5.69 Å². The zero-order valence-electron chi connectivity index (χ0n) is 11.8. The van der Waals surface area contributed by atoms with Crippen molar-refractivity contribution in [1.82, 2.24) is 10.2 Å². The van der Waals surface area contributed by atoms with Crippen LogP contribution in [0.5, 0.6) is 0 Å². The first-order valence-corrected chi connectivity index (χ1v) is 6.73. The number of carbonyl (C=O) groups is 1. The molecule has 1 aromatic carbocycles. The van der Waals surface area contributed by atoms with Gasteiger partial charge in [0.15, 0.2) is 0 Å². The number of benzene rings is 1. The van der Waals surface area contributed by atoms with E-state index in [1.165, 1.54) is 18.2 Å². The predicted molar refractivity (Wildman–Crippen MR) is 78.8 cm³/mol. The molecule has 0 saturated carbocycles. The molecule has 0 radical (unpaired) electrons. The molecular formula is C13H19N5O3. The molecule has 0 spiro atoms. The van der Waals surface area contributed by atoms with Crippen molar-refractivity contribution in [3.63, 3.8) is 0 Å². The van der Waals surface area contributed by atoms with Crippen molar-refractivity contribution in [2.45, 2.75) is 6.42 Å². The second-order valence-corrected chi connectivity index (χ2v) is 5.23. The molecule has 1 aliphatic heterocycles. The lowest BCUT2D eigenvalue weighted by atomic mass is 10.1. The van der Waals surface area contributed by atoms with Crippen LogP contribution >= 0.6 is 0 Å². The number of hydrazine groups is 1. The van der Waals surface area contributed by atoms with E-state index in [4.69, 9.17) is 5.84 Å². The molecule has 0 aliphatic carbocycles. The minimum atomic E-state index is -0.572. The van der Waals surface area contributed by atoms with Crippen LogP contribution in [0.1, 0.15) is 16.8 Å². The zero-order chi connectivity index (χ0) is 15.4. The summed E-state index contributed by atoms with van der Waals surface area (Å²) in [6, 6.07) is 4.29. The number of amides is 1. The highest BCUT2D eigenvalue weighted by molar-refractivity contribution is 6.01.